The average Bonchev–Trinajstić information content (AvgIpc) is 2.57. The topological polar surface area (TPSA) is 81.1 Å². The number of carbonyl (C=O) groups excluding carboxylic acids is 1. The van der Waals surface area contributed by atoms with Gasteiger partial charge in [-0.05, 0) is 28.3 Å². The number of amides is 1. The van der Waals surface area contributed by atoms with E-state index in [0.29, 0.717) is 6.54 Å². The van der Waals surface area contributed by atoms with Crippen molar-refractivity contribution >= 4 is 16.7 Å². The van der Waals surface area contributed by atoms with E-state index in [1.165, 1.54) is 5.39 Å². The number of nitrogens with two attached hydrogens (primary N) is 2. The van der Waals surface area contributed by atoms with Gasteiger partial charge in [-0.3, -0.25) is 4.79 Å². The van der Waals surface area contributed by atoms with E-state index in [2.05, 4.69) is 23.5 Å². The maximum Gasteiger partial charge on any atom is 0.237 e. The minimum absolute atomic E-state index is 0.141. The Bertz CT molecular complexity index is 641. The number of rotatable bonds is 6. The molecule has 0 aliphatic carbocycles. The zero-order valence-electron chi connectivity index (χ0n) is 13.3. The quantitative estimate of drug-likeness (QED) is 0.765. The number of hydrogen-bond donors (Lipinski definition) is 3. The number of nitrogens with one attached hydrogen (secondary N) is 1. The van der Waals surface area contributed by atoms with Crippen LogP contribution in [0, 0.1) is 5.92 Å². The smallest absolute Gasteiger partial charge is 0.237 e. The second-order valence-corrected chi connectivity index (χ2v) is 5.81. The van der Waals surface area contributed by atoms with E-state index in [0.717, 1.165) is 17.4 Å². The Morgan fingerprint density at radius 1 is 1.18 bits per heavy atom. The summed E-state index contributed by atoms with van der Waals surface area (Å²) < 4.78 is 0. The first-order chi connectivity index (χ1) is 10.6. The van der Waals surface area contributed by atoms with Gasteiger partial charge in [0.1, 0.15) is 0 Å². The van der Waals surface area contributed by atoms with Gasteiger partial charge < -0.3 is 16.8 Å². The molecule has 2 rings (SSSR count). The maximum atomic E-state index is 12.3. The standard InChI is InChI=1S/C18H25N3O/c1-3-12(2)17(20)18(22)21-16(11-19)15-9-8-13-6-4-5-7-14(13)10-15/h4-10,12,16-17H,3,11,19-20H2,1-2H3,(H,21,22). The molecule has 0 saturated heterocycles. The van der Waals surface area contributed by atoms with Crippen LogP contribution < -0.4 is 16.8 Å². The molecule has 2 aromatic carbocycles. The Labute approximate surface area is 131 Å². The van der Waals surface area contributed by atoms with Gasteiger partial charge in [-0.1, -0.05) is 56.7 Å². The molecule has 0 aromatic heterocycles. The Balaban J connectivity index is 2.17. The van der Waals surface area contributed by atoms with E-state index >= 15 is 0 Å². The average molecular weight is 299 g/mol. The summed E-state index contributed by atoms with van der Waals surface area (Å²) in [6, 6.07) is 13.5. The Morgan fingerprint density at radius 3 is 2.50 bits per heavy atom. The minimum Gasteiger partial charge on any atom is -0.347 e. The normalized spacial score (nSPS) is 15.3. The highest BCUT2D eigenvalue weighted by atomic mass is 16.2. The zero-order chi connectivity index (χ0) is 16.1. The lowest BCUT2D eigenvalue weighted by atomic mass is 9.97. The van der Waals surface area contributed by atoms with Crippen molar-refractivity contribution in [3.63, 3.8) is 0 Å². The fourth-order valence-electron chi connectivity index (χ4n) is 2.48. The fourth-order valence-corrected chi connectivity index (χ4v) is 2.48. The van der Waals surface area contributed by atoms with Gasteiger partial charge in [0.05, 0.1) is 12.1 Å². The second kappa shape index (κ2) is 7.38. The molecule has 3 atom stereocenters. The van der Waals surface area contributed by atoms with E-state index in [1.54, 1.807) is 0 Å². The van der Waals surface area contributed by atoms with Crippen LogP contribution in [0.2, 0.25) is 0 Å². The molecule has 0 aliphatic heterocycles. The third-order valence-electron chi connectivity index (χ3n) is 4.29. The van der Waals surface area contributed by atoms with E-state index in [1.807, 2.05) is 38.1 Å². The third-order valence-corrected chi connectivity index (χ3v) is 4.29. The van der Waals surface area contributed by atoms with Crippen molar-refractivity contribution < 1.29 is 4.79 Å². The van der Waals surface area contributed by atoms with Crippen molar-refractivity contribution in [2.24, 2.45) is 17.4 Å². The van der Waals surface area contributed by atoms with Gasteiger partial charge in [-0.15, -0.1) is 0 Å². The highest BCUT2D eigenvalue weighted by Gasteiger charge is 2.22. The largest absolute Gasteiger partial charge is 0.347 e. The minimum atomic E-state index is -0.500. The molecule has 5 N–H and O–H groups in total. The highest BCUT2D eigenvalue weighted by Crippen LogP contribution is 2.20. The van der Waals surface area contributed by atoms with Crippen molar-refractivity contribution in [2.45, 2.75) is 32.4 Å². The van der Waals surface area contributed by atoms with Gasteiger partial charge in [0, 0.05) is 6.54 Å². The first-order valence-electron chi connectivity index (χ1n) is 7.81. The molecular formula is C18H25N3O. The van der Waals surface area contributed by atoms with Crippen LogP contribution in [0.4, 0.5) is 0 Å². The summed E-state index contributed by atoms with van der Waals surface area (Å²) in [5, 5.41) is 5.28. The zero-order valence-corrected chi connectivity index (χ0v) is 13.3. The third kappa shape index (κ3) is 3.64. The summed E-state index contributed by atoms with van der Waals surface area (Å²) in [6.07, 6.45) is 0.873. The lowest BCUT2D eigenvalue weighted by Crippen LogP contribution is -2.47. The van der Waals surface area contributed by atoms with Gasteiger partial charge >= 0.3 is 0 Å². The maximum absolute atomic E-state index is 12.3. The van der Waals surface area contributed by atoms with E-state index < -0.39 is 6.04 Å². The molecule has 4 heteroatoms. The van der Waals surface area contributed by atoms with Gasteiger partial charge in [0.25, 0.3) is 0 Å². The Kier molecular flexibility index (Phi) is 5.52. The van der Waals surface area contributed by atoms with Gasteiger partial charge in [0.2, 0.25) is 5.91 Å². The first-order valence-corrected chi connectivity index (χ1v) is 7.81. The predicted molar refractivity (Wildman–Crippen MR) is 91.3 cm³/mol. The number of fused-ring (bicyclic) bond motifs is 1. The molecule has 0 spiro atoms. The summed E-state index contributed by atoms with van der Waals surface area (Å²) in [7, 11) is 0. The molecule has 0 saturated carbocycles. The van der Waals surface area contributed by atoms with Crippen LogP contribution in [0.25, 0.3) is 10.8 Å². The molecule has 0 heterocycles. The first kappa shape index (κ1) is 16.5. The molecule has 1 amide bonds. The van der Waals surface area contributed by atoms with Gasteiger partial charge in [0.15, 0.2) is 0 Å². The molecule has 0 aliphatic rings. The monoisotopic (exact) mass is 299 g/mol. The van der Waals surface area contributed by atoms with Crippen LogP contribution in [0.3, 0.4) is 0 Å². The van der Waals surface area contributed by atoms with Crippen molar-refractivity contribution in [1.29, 1.82) is 0 Å². The molecule has 118 valence electrons. The summed E-state index contributed by atoms with van der Waals surface area (Å²) in [6.45, 7) is 4.36. The summed E-state index contributed by atoms with van der Waals surface area (Å²) in [5.74, 6) is 0.00740. The Morgan fingerprint density at radius 2 is 1.86 bits per heavy atom. The lowest BCUT2D eigenvalue weighted by molar-refractivity contribution is -0.124. The van der Waals surface area contributed by atoms with Crippen LogP contribution >= 0.6 is 0 Å². The SMILES string of the molecule is CCC(C)C(N)C(=O)NC(CN)c1ccc2ccccc2c1. The van der Waals surface area contributed by atoms with Crippen molar-refractivity contribution in [1.82, 2.24) is 5.32 Å². The molecule has 2 aromatic rings. The molecular weight excluding hydrogens is 274 g/mol. The van der Waals surface area contributed by atoms with Crippen LogP contribution in [0.1, 0.15) is 31.9 Å². The van der Waals surface area contributed by atoms with Gasteiger partial charge in [-0.25, -0.2) is 0 Å². The molecule has 0 bridgehead atoms. The predicted octanol–water partition coefficient (Wildman–Crippen LogP) is 2.33. The number of benzene rings is 2. The van der Waals surface area contributed by atoms with E-state index in [4.69, 9.17) is 11.5 Å². The number of carbonyl (C=O) groups is 1. The molecule has 4 nitrogen and oxygen atoms in total. The van der Waals surface area contributed by atoms with E-state index in [9.17, 15) is 4.79 Å². The van der Waals surface area contributed by atoms with Crippen molar-refractivity contribution in [3.05, 3.63) is 48.0 Å². The fraction of sp³-hybridized carbons (Fsp3) is 0.389. The van der Waals surface area contributed by atoms with Gasteiger partial charge in [-0.2, -0.15) is 0 Å². The summed E-state index contributed by atoms with van der Waals surface area (Å²) >= 11 is 0. The van der Waals surface area contributed by atoms with Crippen molar-refractivity contribution in [3.8, 4) is 0 Å². The summed E-state index contributed by atoms with van der Waals surface area (Å²) in [5.41, 5.74) is 12.8. The van der Waals surface area contributed by atoms with Crippen LogP contribution in [-0.4, -0.2) is 18.5 Å². The van der Waals surface area contributed by atoms with Crippen LogP contribution in [0.5, 0.6) is 0 Å². The van der Waals surface area contributed by atoms with Crippen LogP contribution in [-0.2, 0) is 4.79 Å². The molecule has 0 radical (unpaired) electrons. The molecule has 22 heavy (non-hydrogen) atoms. The second-order valence-electron chi connectivity index (χ2n) is 5.81. The van der Waals surface area contributed by atoms with Crippen LogP contribution in [0.15, 0.2) is 42.5 Å². The molecule has 0 fully saturated rings. The molecule has 3 unspecified atom stereocenters. The Hall–Kier alpha value is -1.91. The van der Waals surface area contributed by atoms with E-state index in [-0.39, 0.29) is 17.9 Å². The highest BCUT2D eigenvalue weighted by molar-refractivity contribution is 5.84. The number of hydrogen-bond acceptors (Lipinski definition) is 3. The summed E-state index contributed by atoms with van der Waals surface area (Å²) in [4.78, 5) is 12.3. The lowest BCUT2D eigenvalue weighted by Gasteiger charge is -2.23. The van der Waals surface area contributed by atoms with Crippen molar-refractivity contribution in [2.75, 3.05) is 6.54 Å².